The lowest BCUT2D eigenvalue weighted by molar-refractivity contribution is -0.183. The van der Waals surface area contributed by atoms with Crippen molar-refractivity contribution >= 4 is 70.3 Å². The van der Waals surface area contributed by atoms with Crippen molar-refractivity contribution in [3.63, 3.8) is 0 Å². The van der Waals surface area contributed by atoms with Gasteiger partial charge in [-0.15, -0.1) is 0 Å². The minimum absolute atomic E-state index is 0.0274. The summed E-state index contributed by atoms with van der Waals surface area (Å²) in [6.45, 7) is 27.2. The van der Waals surface area contributed by atoms with Crippen molar-refractivity contribution in [1.82, 2.24) is 30.6 Å². The van der Waals surface area contributed by atoms with Gasteiger partial charge in [-0.2, -0.15) is 10.1 Å². The number of carboxylic acid groups (broad SMARTS) is 2. The Morgan fingerprint density at radius 3 is 1.41 bits per heavy atom. The van der Waals surface area contributed by atoms with Gasteiger partial charge in [0.05, 0.1) is 64.4 Å². The first-order valence-corrected chi connectivity index (χ1v) is 38.7. The molecule has 6 saturated carbocycles. The molecule has 24 nitrogen and oxygen atoms in total. The maximum absolute atomic E-state index is 14.2. The number of carbonyl (C=O) groups excluding carboxylic acids is 2. The second kappa shape index (κ2) is 34.3. The molecule has 2 amide bonds. The number of benzene rings is 4. The number of nitrogens with zero attached hydrogens (tertiary/aromatic N) is 6. The molecule has 16 atom stereocenters. The molecule has 0 radical (unpaired) electrons. The highest BCUT2D eigenvalue weighted by atomic mass is 127. The predicted molar refractivity (Wildman–Crippen MR) is 419 cm³/mol. The minimum atomic E-state index is -1.03. The molecule has 4 bridgehead atoms. The molecule has 586 valence electrons. The molecular weight excluding hydrogens is 1470 g/mol. The Hall–Kier alpha value is -5.73. The highest BCUT2D eigenvalue weighted by Crippen LogP contribution is 2.62. The molecule has 4 aromatic rings. The molecule has 3 heterocycles. The average molecular weight is 1590 g/mol. The summed E-state index contributed by atoms with van der Waals surface area (Å²) >= 11 is 2.26. The Bertz CT molecular complexity index is 3710. The third kappa shape index (κ3) is 18.3. The van der Waals surface area contributed by atoms with Gasteiger partial charge in [0.2, 0.25) is 11.8 Å². The number of ether oxygens (including phenoxy) is 2. The maximum Gasteiger partial charge on any atom is 0.494 e. The summed E-state index contributed by atoms with van der Waals surface area (Å²) in [7, 11) is 14.8. The van der Waals surface area contributed by atoms with Crippen molar-refractivity contribution in [1.29, 1.82) is 0 Å². The SMILES string of the molecule is CN(C)c1cc(B2OC(C)(C)C(C)(C)O2)cc(C(=O)O)c1.C[C@@H]1[C@@H](NC(=O)[C@@H]2[C@H]([C@H](C)O)[C@H](CO)ON2Cc2cccc(-c3cc(C(=O)O)cc(N(C)C)c3)c2OCCN(C)C)C[C@H]2C[C@@H]1C2(C)C.C[C@@H]1[C@@H](NC(=O)[C@@H]2[C@H]([C@H](C)O)[C@H](CO)ON2Cc2cccc(I)c2OCCN(C)C)C[C@H]2C[C@@H]1C2(C)C. The van der Waals surface area contributed by atoms with Gasteiger partial charge in [0, 0.05) is 93.3 Å². The van der Waals surface area contributed by atoms with Crippen molar-refractivity contribution in [2.45, 2.75) is 182 Å². The summed E-state index contributed by atoms with van der Waals surface area (Å²) in [5.41, 5.74) is 5.38. The van der Waals surface area contributed by atoms with Crippen LogP contribution in [0.5, 0.6) is 11.5 Å². The number of amides is 2. The van der Waals surface area contributed by atoms with Crippen LogP contribution in [-0.4, -0.2) is 237 Å². The third-order valence-corrected chi connectivity index (χ3v) is 25.6. The number of aromatic carboxylic acids is 2. The van der Waals surface area contributed by atoms with E-state index in [1.165, 1.54) is 12.8 Å². The van der Waals surface area contributed by atoms with Crippen molar-refractivity contribution in [2.24, 2.45) is 58.2 Å². The summed E-state index contributed by atoms with van der Waals surface area (Å²) in [6, 6.07) is 20.5. The van der Waals surface area contributed by atoms with Crippen molar-refractivity contribution in [3.8, 4) is 22.6 Å². The first-order valence-electron chi connectivity index (χ1n) is 37.6. The number of aliphatic hydroxyl groups is 4. The lowest BCUT2D eigenvalue weighted by Crippen LogP contribution is -2.62. The van der Waals surface area contributed by atoms with E-state index in [0.717, 1.165) is 56.7 Å². The predicted octanol–water partition coefficient (Wildman–Crippen LogP) is 8.36. The van der Waals surface area contributed by atoms with Gasteiger partial charge in [-0.25, -0.2) is 9.59 Å². The van der Waals surface area contributed by atoms with E-state index in [9.17, 15) is 49.8 Å². The van der Waals surface area contributed by atoms with E-state index in [-0.39, 0.29) is 60.2 Å². The number of hydrogen-bond donors (Lipinski definition) is 8. The molecule has 9 aliphatic rings. The number of carbonyl (C=O) groups is 4. The largest absolute Gasteiger partial charge is 0.494 e. The van der Waals surface area contributed by atoms with Crippen LogP contribution in [0.25, 0.3) is 11.1 Å². The molecule has 26 heteroatoms. The fraction of sp³-hybridized carbons (Fsp3) is 0.650. The summed E-state index contributed by atoms with van der Waals surface area (Å²) in [4.78, 5) is 71.7. The van der Waals surface area contributed by atoms with E-state index >= 15 is 0 Å². The standard InChI is InChI=1S/C37H54N4O7.C28H44IN3O5.C15H22BNO4/c1-21-29-17-26(37(29,3)4)18-30(21)38-35(44)33-32(22(2)43)31(20-42)48-41(33)19-23-10-9-11-28(34(23)47-13-12-39(5)6)24-14-25(36(45)46)16-27(15-24)40(7)8;1-16-20-12-19(28(20,3)4)13-22(16)30-27(35)25-24(17(2)34)23(15-33)37-32(25)14-18-8-7-9-21(29)26(18)36-11-10-31(5)6;1-14(2)15(3,4)21-16(20-14)11-7-10(13(18)19)8-12(9-11)17(5)6/h9-11,14-16,21-22,26,29-33,42-43H,12-13,17-20H2,1-8H3,(H,38,44)(H,45,46);7-9,16-17,19-20,22-25,33-34H,10-15H2,1-6H3,(H,30,35);7-9H,1-6H3,(H,18,19)/t21-,22-,26+,29-,30-,31-,32+,33-;16-,17-,19+,20-,22-,23-,24+,25-;/m00./s1. The highest BCUT2D eigenvalue weighted by Gasteiger charge is 2.60. The fourth-order valence-electron chi connectivity index (χ4n) is 17.2. The van der Waals surface area contributed by atoms with Gasteiger partial charge >= 0.3 is 19.1 Å². The molecule has 4 aromatic carbocycles. The zero-order valence-corrected chi connectivity index (χ0v) is 68.2. The van der Waals surface area contributed by atoms with Gasteiger partial charge in [0.25, 0.3) is 0 Å². The smallest absolute Gasteiger partial charge is 0.491 e. The van der Waals surface area contributed by atoms with Gasteiger partial charge in [0.1, 0.15) is 49.0 Å². The zero-order valence-electron chi connectivity index (χ0n) is 66.1. The minimum Gasteiger partial charge on any atom is -0.491 e. The molecule has 13 rings (SSSR count). The number of nitrogens with one attached hydrogen (secondary N) is 2. The van der Waals surface area contributed by atoms with E-state index in [1.54, 1.807) is 48.2 Å². The molecular formula is C80H120BIN8O16. The first kappa shape index (κ1) is 84.3. The number of rotatable bonds is 26. The summed E-state index contributed by atoms with van der Waals surface area (Å²) in [6.07, 6.45) is 1.17. The number of carboxylic acids is 2. The van der Waals surface area contributed by atoms with Gasteiger partial charge in [-0.05, 0) is 218 Å². The number of anilines is 2. The lowest BCUT2D eigenvalue weighted by Gasteiger charge is -2.62. The number of aliphatic hydroxyl groups excluding tert-OH is 4. The van der Waals surface area contributed by atoms with Crippen molar-refractivity contribution < 1.29 is 78.3 Å². The van der Waals surface area contributed by atoms with Crippen LogP contribution in [0.2, 0.25) is 0 Å². The highest BCUT2D eigenvalue weighted by molar-refractivity contribution is 14.1. The van der Waals surface area contributed by atoms with Crippen LogP contribution in [0.4, 0.5) is 11.4 Å². The molecule has 3 aliphatic heterocycles. The number of halogens is 1. The van der Waals surface area contributed by atoms with Crippen LogP contribution in [0.1, 0.15) is 141 Å². The normalized spacial score (nSPS) is 28.6. The van der Waals surface area contributed by atoms with Crippen LogP contribution in [0.15, 0.2) is 72.8 Å². The van der Waals surface area contributed by atoms with E-state index in [4.69, 9.17) is 28.5 Å². The molecule has 106 heavy (non-hydrogen) atoms. The Labute approximate surface area is 642 Å². The molecule has 8 N–H and O–H groups in total. The Kier molecular flexibility index (Phi) is 27.3. The van der Waals surface area contributed by atoms with E-state index in [0.29, 0.717) is 84.1 Å². The Morgan fingerprint density at radius 2 is 1.01 bits per heavy atom. The van der Waals surface area contributed by atoms with Crippen LogP contribution in [0, 0.1) is 61.7 Å². The maximum atomic E-state index is 14.2. The second-order valence-electron chi connectivity index (χ2n) is 33.9. The quantitative estimate of drug-likeness (QED) is 0.0216. The number of para-hydroxylation sites is 2. The van der Waals surface area contributed by atoms with E-state index < -0.39 is 78.6 Å². The second-order valence-corrected chi connectivity index (χ2v) is 35.0. The Morgan fingerprint density at radius 1 is 0.594 bits per heavy atom. The molecule has 3 saturated heterocycles. The van der Waals surface area contributed by atoms with Crippen molar-refractivity contribution in [3.05, 3.63) is 98.6 Å². The zero-order chi connectivity index (χ0) is 78.1. The van der Waals surface area contributed by atoms with Crippen LogP contribution >= 0.6 is 22.6 Å². The van der Waals surface area contributed by atoms with Gasteiger partial charge in [-0.1, -0.05) is 71.9 Å². The fourth-order valence-corrected chi connectivity index (χ4v) is 17.9. The van der Waals surface area contributed by atoms with Gasteiger partial charge in [0.15, 0.2) is 0 Å². The molecule has 0 aromatic heterocycles. The Balaban J connectivity index is 0.000000198. The number of hydroxylamine groups is 4. The average Bonchev–Trinajstić information content (AvgIpc) is 1.18. The lowest BCUT2D eigenvalue weighted by atomic mass is 9.45. The van der Waals surface area contributed by atoms with E-state index in [1.807, 2.05) is 147 Å². The van der Waals surface area contributed by atoms with Crippen LogP contribution < -0.4 is 35.4 Å². The number of hydrogen-bond acceptors (Lipinski definition) is 20. The van der Waals surface area contributed by atoms with Crippen LogP contribution in [0.3, 0.4) is 0 Å². The van der Waals surface area contributed by atoms with Gasteiger partial charge < -0.3 is 79.7 Å². The number of likely N-dealkylation sites (N-methyl/N-ethyl adjacent to an activating group) is 2. The number of fused-ring (bicyclic) bond motifs is 4. The third-order valence-electron chi connectivity index (χ3n) is 24.7. The molecule has 9 fully saturated rings. The summed E-state index contributed by atoms with van der Waals surface area (Å²) in [5.74, 6) is 0.845. The monoisotopic (exact) mass is 1590 g/mol. The molecule has 0 unspecified atom stereocenters. The van der Waals surface area contributed by atoms with Crippen molar-refractivity contribution in [2.75, 3.05) is 106 Å². The first-order chi connectivity index (χ1) is 49.6. The summed E-state index contributed by atoms with van der Waals surface area (Å²) in [5, 5.41) is 71.0. The van der Waals surface area contributed by atoms with Crippen LogP contribution in [-0.2, 0) is 41.7 Å². The van der Waals surface area contributed by atoms with E-state index in [2.05, 4.69) is 79.7 Å². The molecule has 0 spiro atoms. The molecule has 6 aliphatic carbocycles. The van der Waals surface area contributed by atoms with Gasteiger partial charge in [-0.3, -0.25) is 19.3 Å². The topological polar surface area (TPSA) is 289 Å². The summed E-state index contributed by atoms with van der Waals surface area (Å²) < 4.78 is 25.6.